The number of fused-ring (bicyclic) bond motifs is 1. The van der Waals surface area contributed by atoms with E-state index in [1.54, 1.807) is 12.7 Å². The number of nitrogens with zero attached hydrogens (tertiary/aromatic N) is 3. The molecule has 7 nitrogen and oxygen atoms in total. The van der Waals surface area contributed by atoms with E-state index in [0.717, 1.165) is 31.8 Å². The molecule has 1 fully saturated rings. The minimum atomic E-state index is 0.0206. The molecule has 0 spiro atoms. The van der Waals surface area contributed by atoms with Crippen molar-refractivity contribution in [3.8, 4) is 5.75 Å². The maximum absolute atomic E-state index is 6.65. The summed E-state index contributed by atoms with van der Waals surface area (Å²) in [6, 6.07) is 33.8. The van der Waals surface area contributed by atoms with Crippen LogP contribution in [-0.4, -0.2) is 47.2 Å². The van der Waals surface area contributed by atoms with Crippen LogP contribution in [0.3, 0.4) is 0 Å². The van der Waals surface area contributed by atoms with Crippen molar-refractivity contribution in [3.05, 3.63) is 126 Å². The molecule has 0 saturated carbocycles. The predicted octanol–water partition coefficient (Wildman–Crippen LogP) is 6.01. The molecular weight excluding hydrogens is 524 g/mol. The second kappa shape index (κ2) is 14.2. The highest BCUT2D eigenvalue weighted by atomic mass is 16.5. The summed E-state index contributed by atoms with van der Waals surface area (Å²) in [5.41, 5.74) is 3.62. The molecule has 6 rings (SSSR count). The minimum absolute atomic E-state index is 0.0206. The van der Waals surface area contributed by atoms with Crippen LogP contribution in [0.4, 0.5) is 0 Å². The number of piperidine rings is 1. The highest BCUT2D eigenvalue weighted by Crippen LogP contribution is 2.35. The lowest BCUT2D eigenvalue weighted by molar-refractivity contribution is -0.00906. The van der Waals surface area contributed by atoms with Crippen LogP contribution in [0, 0.1) is 5.92 Å². The van der Waals surface area contributed by atoms with E-state index in [-0.39, 0.29) is 12.0 Å². The normalized spacial score (nSPS) is 18.7. The summed E-state index contributed by atoms with van der Waals surface area (Å²) < 4.78 is 20.4. The number of nitrogens with one attached hydrogen (secondary N) is 1. The summed E-state index contributed by atoms with van der Waals surface area (Å²) in [5.74, 6) is 1.38. The van der Waals surface area contributed by atoms with Gasteiger partial charge in [-0.25, -0.2) is 4.98 Å². The molecule has 0 aliphatic carbocycles. The van der Waals surface area contributed by atoms with E-state index in [4.69, 9.17) is 14.2 Å². The van der Waals surface area contributed by atoms with Crippen molar-refractivity contribution in [2.75, 3.05) is 26.3 Å². The van der Waals surface area contributed by atoms with Gasteiger partial charge in [-0.1, -0.05) is 78.9 Å². The third kappa shape index (κ3) is 7.42. The van der Waals surface area contributed by atoms with Crippen molar-refractivity contribution in [1.29, 1.82) is 0 Å². The van der Waals surface area contributed by atoms with Gasteiger partial charge in [0.2, 0.25) is 0 Å². The lowest BCUT2D eigenvalue weighted by Crippen LogP contribution is -2.48. The molecule has 7 heteroatoms. The summed E-state index contributed by atoms with van der Waals surface area (Å²) in [5, 5.41) is 10.5. The van der Waals surface area contributed by atoms with Crippen LogP contribution in [0.2, 0.25) is 0 Å². The van der Waals surface area contributed by atoms with Crippen LogP contribution in [0.5, 0.6) is 5.75 Å². The fraction of sp³-hybridized carbons (Fsp3) is 0.314. The average Bonchev–Trinajstić information content (AvgIpc) is 3.56. The van der Waals surface area contributed by atoms with Gasteiger partial charge >= 0.3 is 0 Å². The predicted molar refractivity (Wildman–Crippen MR) is 164 cm³/mol. The second-order valence-corrected chi connectivity index (χ2v) is 10.9. The van der Waals surface area contributed by atoms with E-state index in [9.17, 15) is 0 Å². The first-order chi connectivity index (χ1) is 20.8. The molecule has 0 unspecified atom stereocenters. The topological polar surface area (TPSA) is 70.4 Å². The van der Waals surface area contributed by atoms with Gasteiger partial charge in [-0.3, -0.25) is 4.68 Å². The van der Waals surface area contributed by atoms with Crippen molar-refractivity contribution in [2.45, 2.75) is 38.2 Å². The van der Waals surface area contributed by atoms with Gasteiger partial charge in [0, 0.05) is 37.9 Å². The van der Waals surface area contributed by atoms with Gasteiger partial charge in [0.1, 0.15) is 18.4 Å². The summed E-state index contributed by atoms with van der Waals surface area (Å²) >= 11 is 0. The average molecular weight is 563 g/mol. The first-order valence-corrected chi connectivity index (χ1v) is 14.8. The molecule has 5 aromatic rings. The zero-order valence-corrected chi connectivity index (χ0v) is 23.8. The first-order valence-electron chi connectivity index (χ1n) is 14.8. The molecule has 1 aliphatic heterocycles. The molecule has 4 aromatic carbocycles. The third-order valence-electron chi connectivity index (χ3n) is 7.90. The molecule has 1 aliphatic rings. The molecule has 2 heterocycles. The molecule has 0 radical (unpaired) electrons. The number of hydrogen-bond acceptors (Lipinski definition) is 6. The highest BCUT2D eigenvalue weighted by Gasteiger charge is 2.35. The summed E-state index contributed by atoms with van der Waals surface area (Å²) in [4.78, 5) is 4.15. The van der Waals surface area contributed by atoms with E-state index in [2.05, 4.69) is 94.3 Å². The van der Waals surface area contributed by atoms with Crippen LogP contribution in [0.15, 0.2) is 110 Å². The van der Waals surface area contributed by atoms with Crippen molar-refractivity contribution < 1.29 is 14.2 Å². The van der Waals surface area contributed by atoms with E-state index in [1.807, 2.05) is 22.9 Å². The second-order valence-electron chi connectivity index (χ2n) is 10.9. The van der Waals surface area contributed by atoms with Gasteiger partial charge in [-0.05, 0) is 45.7 Å². The number of ether oxygens (including phenoxy) is 3. The molecule has 42 heavy (non-hydrogen) atoms. The van der Waals surface area contributed by atoms with Crippen molar-refractivity contribution >= 4 is 10.8 Å². The molecule has 1 saturated heterocycles. The Kier molecular flexibility index (Phi) is 9.52. The Hall–Kier alpha value is -4.04. The Morgan fingerprint density at radius 2 is 1.62 bits per heavy atom. The van der Waals surface area contributed by atoms with Crippen LogP contribution in [0.1, 0.15) is 29.0 Å². The van der Waals surface area contributed by atoms with E-state index in [0.29, 0.717) is 32.3 Å². The Labute approximate surface area is 247 Å². The number of rotatable bonds is 13. The maximum Gasteiger partial charge on any atom is 0.137 e. The fourth-order valence-corrected chi connectivity index (χ4v) is 5.80. The van der Waals surface area contributed by atoms with Crippen molar-refractivity contribution in [2.24, 2.45) is 5.92 Å². The molecule has 0 amide bonds. The van der Waals surface area contributed by atoms with Gasteiger partial charge in [0.05, 0.1) is 32.5 Å². The summed E-state index contributed by atoms with van der Waals surface area (Å²) in [6.07, 6.45) is 4.25. The Morgan fingerprint density at radius 1 is 0.786 bits per heavy atom. The fourth-order valence-electron chi connectivity index (χ4n) is 5.80. The summed E-state index contributed by atoms with van der Waals surface area (Å²) in [7, 11) is 0. The SMILES string of the molecule is c1ccc(COCCCOc2ccc([C@@H]3[C@H](Cn4cncn4)CNC[C@@H]3OCc3ccc4ccccc4c3)cc2)cc1. The molecule has 0 bridgehead atoms. The van der Waals surface area contributed by atoms with Crippen LogP contribution >= 0.6 is 0 Å². The maximum atomic E-state index is 6.65. The van der Waals surface area contributed by atoms with Gasteiger partial charge in [0.25, 0.3) is 0 Å². The first kappa shape index (κ1) is 28.1. The number of hydrogen-bond donors (Lipinski definition) is 1. The van der Waals surface area contributed by atoms with Gasteiger partial charge in [0.15, 0.2) is 0 Å². The standard InChI is InChI=1S/C35H38N4O3/c1-2-7-27(8-3-1)23-40-17-6-18-41-33-15-13-30(14-16-33)35-32(22-39-26-37-25-38-39)20-36-21-34(35)42-24-28-11-12-29-9-4-5-10-31(29)19-28/h1-5,7-16,19,25-26,32,34-36H,6,17-18,20-24H2/t32-,34-,35+/m0/s1. The van der Waals surface area contributed by atoms with E-state index >= 15 is 0 Å². The largest absolute Gasteiger partial charge is 0.494 e. The third-order valence-corrected chi connectivity index (χ3v) is 7.90. The van der Waals surface area contributed by atoms with Gasteiger partial charge in [-0.15, -0.1) is 0 Å². The van der Waals surface area contributed by atoms with E-state index in [1.165, 1.54) is 27.5 Å². The lowest BCUT2D eigenvalue weighted by atomic mass is 9.79. The Morgan fingerprint density at radius 3 is 2.45 bits per heavy atom. The number of benzene rings is 4. The van der Waals surface area contributed by atoms with Crippen LogP contribution in [0.25, 0.3) is 10.8 Å². The van der Waals surface area contributed by atoms with Crippen LogP contribution in [-0.2, 0) is 29.2 Å². The van der Waals surface area contributed by atoms with E-state index < -0.39 is 0 Å². The number of aromatic nitrogens is 3. The molecule has 3 atom stereocenters. The minimum Gasteiger partial charge on any atom is -0.494 e. The molecule has 216 valence electrons. The quantitative estimate of drug-likeness (QED) is 0.177. The molecule has 1 N–H and O–H groups in total. The molecular formula is C35H38N4O3. The monoisotopic (exact) mass is 562 g/mol. The zero-order valence-electron chi connectivity index (χ0n) is 23.8. The van der Waals surface area contributed by atoms with Crippen LogP contribution < -0.4 is 10.1 Å². The zero-order chi connectivity index (χ0) is 28.4. The Bertz CT molecular complexity index is 1510. The summed E-state index contributed by atoms with van der Waals surface area (Å²) in [6.45, 7) is 4.95. The van der Waals surface area contributed by atoms with Gasteiger partial charge in [-0.2, -0.15) is 5.10 Å². The van der Waals surface area contributed by atoms with Gasteiger partial charge < -0.3 is 19.5 Å². The Balaban J connectivity index is 1.08. The smallest absolute Gasteiger partial charge is 0.137 e. The molecule has 1 aromatic heterocycles. The lowest BCUT2D eigenvalue weighted by Gasteiger charge is -2.39. The van der Waals surface area contributed by atoms with Crippen molar-refractivity contribution in [3.63, 3.8) is 0 Å². The highest BCUT2D eigenvalue weighted by molar-refractivity contribution is 5.82. The van der Waals surface area contributed by atoms with Crippen molar-refractivity contribution in [1.82, 2.24) is 20.1 Å².